The van der Waals surface area contributed by atoms with Crippen molar-refractivity contribution < 1.29 is 5.11 Å². The van der Waals surface area contributed by atoms with Gasteiger partial charge in [-0.25, -0.2) is 0 Å². The van der Waals surface area contributed by atoms with Crippen molar-refractivity contribution in [1.29, 1.82) is 0 Å². The zero-order valence-corrected chi connectivity index (χ0v) is 15.2. The van der Waals surface area contributed by atoms with Gasteiger partial charge in [0, 0.05) is 16.8 Å². The number of pyridine rings is 1. The molecule has 0 fully saturated rings. The molecule has 1 aliphatic carbocycles. The van der Waals surface area contributed by atoms with Crippen LogP contribution in [0.3, 0.4) is 0 Å². The van der Waals surface area contributed by atoms with Crippen molar-refractivity contribution in [3.63, 3.8) is 0 Å². The summed E-state index contributed by atoms with van der Waals surface area (Å²) in [6.07, 6.45) is 3.04. The standard InChI is InChI=1S/C17H18ClN5O.ClH/c1-9-4-5-21-13-6-10(12-8-11(18)2-3-15(12)24)7-14(16(9)13)22-23-17(19)20;/h2-5,8,10,24H,6-7H2,1H3,(H4,19,20,23);1H/b22-14-;. The van der Waals surface area contributed by atoms with E-state index in [0.717, 1.165) is 28.1 Å². The number of phenols is 1. The molecule has 0 spiro atoms. The van der Waals surface area contributed by atoms with E-state index >= 15 is 0 Å². The van der Waals surface area contributed by atoms with Crippen LogP contribution >= 0.6 is 24.0 Å². The molecule has 0 amide bonds. The molecule has 8 heteroatoms. The second-order valence-electron chi connectivity index (χ2n) is 5.83. The van der Waals surface area contributed by atoms with Crippen LogP contribution in [0.1, 0.15) is 34.7 Å². The van der Waals surface area contributed by atoms with Gasteiger partial charge in [-0.15, -0.1) is 17.5 Å². The van der Waals surface area contributed by atoms with Crippen LogP contribution in [0, 0.1) is 6.92 Å². The molecule has 0 saturated heterocycles. The maximum Gasteiger partial charge on any atom is 0.211 e. The van der Waals surface area contributed by atoms with Crippen LogP contribution in [0.4, 0.5) is 0 Å². The summed E-state index contributed by atoms with van der Waals surface area (Å²) in [6, 6.07) is 6.97. The molecule has 0 radical (unpaired) electrons. The normalized spacial score (nSPS) is 17.5. The van der Waals surface area contributed by atoms with Gasteiger partial charge in [0.1, 0.15) is 5.75 Å². The van der Waals surface area contributed by atoms with Gasteiger partial charge in [0.25, 0.3) is 0 Å². The number of aromatic hydroxyl groups is 1. The number of halogens is 2. The predicted octanol–water partition coefficient (Wildman–Crippen LogP) is 2.88. The Morgan fingerprint density at radius 3 is 2.76 bits per heavy atom. The van der Waals surface area contributed by atoms with E-state index < -0.39 is 0 Å². The number of guanidine groups is 1. The average Bonchev–Trinajstić information content (AvgIpc) is 2.54. The Labute approximate surface area is 157 Å². The lowest BCUT2D eigenvalue weighted by atomic mass is 9.79. The first-order valence-corrected chi connectivity index (χ1v) is 7.92. The van der Waals surface area contributed by atoms with Crippen LogP contribution < -0.4 is 11.5 Å². The number of rotatable bonds is 2. The highest BCUT2D eigenvalue weighted by atomic mass is 35.5. The Morgan fingerprint density at radius 1 is 1.28 bits per heavy atom. The molecular formula is C17H19Cl2N5O. The fraction of sp³-hybridized carbons (Fsp3) is 0.235. The highest BCUT2D eigenvalue weighted by molar-refractivity contribution is 6.30. The van der Waals surface area contributed by atoms with Crippen molar-refractivity contribution >= 4 is 35.7 Å². The second-order valence-corrected chi connectivity index (χ2v) is 6.27. The minimum atomic E-state index is -0.0988. The van der Waals surface area contributed by atoms with E-state index in [-0.39, 0.29) is 30.0 Å². The number of hydrogen-bond acceptors (Lipinski definition) is 4. The number of nitrogens with zero attached hydrogens (tertiary/aromatic N) is 3. The Morgan fingerprint density at radius 2 is 2.04 bits per heavy atom. The maximum absolute atomic E-state index is 10.2. The first-order valence-electron chi connectivity index (χ1n) is 7.54. The largest absolute Gasteiger partial charge is 0.508 e. The van der Waals surface area contributed by atoms with Crippen LogP contribution in [0.25, 0.3) is 0 Å². The molecule has 2 aromatic rings. The summed E-state index contributed by atoms with van der Waals surface area (Å²) < 4.78 is 0. The molecule has 1 aliphatic rings. The molecule has 6 nitrogen and oxygen atoms in total. The van der Waals surface area contributed by atoms with Crippen molar-refractivity contribution in [2.75, 3.05) is 0 Å². The average molecular weight is 380 g/mol. The van der Waals surface area contributed by atoms with Crippen LogP contribution in [0.15, 0.2) is 40.7 Å². The Balaban J connectivity index is 0.00000225. The molecule has 0 bridgehead atoms. The van der Waals surface area contributed by atoms with Gasteiger partial charge in [0.15, 0.2) is 0 Å². The third-order valence-electron chi connectivity index (χ3n) is 4.12. The Hall–Kier alpha value is -2.31. The molecule has 1 heterocycles. The van der Waals surface area contributed by atoms with Crippen molar-refractivity contribution in [3.05, 3.63) is 57.9 Å². The van der Waals surface area contributed by atoms with Crippen LogP contribution in [0.2, 0.25) is 5.02 Å². The van der Waals surface area contributed by atoms with Gasteiger partial charge >= 0.3 is 0 Å². The lowest BCUT2D eigenvalue weighted by Gasteiger charge is -2.26. The molecule has 1 unspecified atom stereocenters. The highest BCUT2D eigenvalue weighted by Gasteiger charge is 2.29. The van der Waals surface area contributed by atoms with Gasteiger partial charge in [-0.2, -0.15) is 5.10 Å². The molecule has 132 valence electrons. The summed E-state index contributed by atoms with van der Waals surface area (Å²) in [5.41, 5.74) is 15.3. The molecule has 1 atom stereocenters. The Bertz CT molecular complexity index is 847. The SMILES string of the molecule is Cc1ccnc2c1/C(=N\N=C(N)N)CC(c1cc(Cl)ccc1O)C2.Cl. The third-order valence-corrected chi connectivity index (χ3v) is 4.36. The highest BCUT2D eigenvalue weighted by Crippen LogP contribution is 2.38. The predicted molar refractivity (Wildman–Crippen MR) is 103 cm³/mol. The number of nitrogens with two attached hydrogens (primary N) is 2. The second kappa shape index (κ2) is 7.72. The summed E-state index contributed by atoms with van der Waals surface area (Å²) in [5, 5.41) is 18.8. The fourth-order valence-electron chi connectivity index (χ4n) is 3.09. The molecular weight excluding hydrogens is 361 g/mol. The minimum Gasteiger partial charge on any atom is -0.508 e. The number of hydrogen-bond donors (Lipinski definition) is 3. The molecule has 25 heavy (non-hydrogen) atoms. The number of fused-ring (bicyclic) bond motifs is 1. The first-order chi connectivity index (χ1) is 11.5. The van der Waals surface area contributed by atoms with E-state index in [1.54, 1.807) is 24.4 Å². The summed E-state index contributed by atoms with van der Waals surface area (Å²) in [7, 11) is 0. The zero-order valence-electron chi connectivity index (χ0n) is 13.6. The molecule has 1 aromatic carbocycles. The lowest BCUT2D eigenvalue weighted by Crippen LogP contribution is -2.24. The molecule has 3 rings (SSSR count). The van der Waals surface area contributed by atoms with Gasteiger partial charge < -0.3 is 16.6 Å². The van der Waals surface area contributed by atoms with Crippen LogP contribution in [0.5, 0.6) is 5.75 Å². The quantitative estimate of drug-likeness (QED) is 0.423. The maximum atomic E-state index is 10.2. The third kappa shape index (κ3) is 4.03. The molecule has 0 saturated carbocycles. The van der Waals surface area contributed by atoms with E-state index in [4.69, 9.17) is 23.1 Å². The summed E-state index contributed by atoms with van der Waals surface area (Å²) in [6.45, 7) is 2.00. The van der Waals surface area contributed by atoms with Crippen molar-refractivity contribution in [3.8, 4) is 5.75 Å². The van der Waals surface area contributed by atoms with Crippen molar-refractivity contribution in [2.45, 2.75) is 25.7 Å². The van der Waals surface area contributed by atoms with E-state index in [2.05, 4.69) is 15.2 Å². The molecule has 5 N–H and O–H groups in total. The summed E-state index contributed by atoms with van der Waals surface area (Å²) in [5.74, 6) is 0.110. The van der Waals surface area contributed by atoms with E-state index in [1.807, 2.05) is 13.0 Å². The molecule has 1 aromatic heterocycles. The van der Waals surface area contributed by atoms with Crippen molar-refractivity contribution in [2.24, 2.45) is 21.7 Å². The van der Waals surface area contributed by atoms with Gasteiger partial charge in [-0.05, 0) is 61.1 Å². The number of phenolic OH excluding ortho intramolecular Hbond substituents is 1. The van der Waals surface area contributed by atoms with Crippen molar-refractivity contribution in [1.82, 2.24) is 4.98 Å². The smallest absolute Gasteiger partial charge is 0.211 e. The van der Waals surface area contributed by atoms with Crippen LogP contribution in [-0.4, -0.2) is 21.8 Å². The van der Waals surface area contributed by atoms with Gasteiger partial charge in [0.2, 0.25) is 5.96 Å². The zero-order chi connectivity index (χ0) is 17.3. The van der Waals surface area contributed by atoms with E-state index in [9.17, 15) is 5.11 Å². The van der Waals surface area contributed by atoms with Crippen LogP contribution in [-0.2, 0) is 6.42 Å². The number of benzene rings is 1. The van der Waals surface area contributed by atoms with E-state index in [0.29, 0.717) is 17.9 Å². The first kappa shape index (κ1) is 19.0. The van der Waals surface area contributed by atoms with Gasteiger partial charge in [-0.1, -0.05) is 11.6 Å². The lowest BCUT2D eigenvalue weighted by molar-refractivity contribution is 0.460. The number of aryl methyl sites for hydroxylation is 1. The molecule has 0 aliphatic heterocycles. The van der Waals surface area contributed by atoms with Gasteiger partial charge in [-0.3, -0.25) is 4.98 Å². The topological polar surface area (TPSA) is 110 Å². The fourth-order valence-corrected chi connectivity index (χ4v) is 3.27. The Kier molecular flexibility index (Phi) is 5.87. The minimum absolute atomic E-state index is 0. The number of aromatic nitrogens is 1. The van der Waals surface area contributed by atoms with Gasteiger partial charge in [0.05, 0.1) is 11.4 Å². The summed E-state index contributed by atoms with van der Waals surface area (Å²) in [4.78, 5) is 4.48. The monoisotopic (exact) mass is 379 g/mol. The summed E-state index contributed by atoms with van der Waals surface area (Å²) >= 11 is 6.09. The van der Waals surface area contributed by atoms with E-state index in [1.165, 1.54) is 0 Å².